The highest BCUT2D eigenvalue weighted by Crippen LogP contribution is 2.41. The topological polar surface area (TPSA) is 87.1 Å². The second-order valence-corrected chi connectivity index (χ2v) is 10.7. The molecule has 3 aromatic rings. The van der Waals surface area contributed by atoms with Gasteiger partial charge in [0.15, 0.2) is 0 Å². The first-order valence-corrected chi connectivity index (χ1v) is 13.1. The molecule has 1 aliphatic heterocycles. The fourth-order valence-electron chi connectivity index (χ4n) is 4.88. The van der Waals surface area contributed by atoms with Crippen molar-refractivity contribution < 1.29 is 23.1 Å². The minimum Gasteiger partial charge on any atom is -0.475 e. The third-order valence-electron chi connectivity index (χ3n) is 6.65. The molecule has 0 spiro atoms. The van der Waals surface area contributed by atoms with Crippen LogP contribution in [-0.2, 0) is 17.6 Å². The second-order valence-electron chi connectivity index (χ2n) is 9.58. The van der Waals surface area contributed by atoms with Gasteiger partial charge < -0.3 is 15.7 Å². The quantitative estimate of drug-likeness (QED) is 0.384. The van der Waals surface area contributed by atoms with Crippen molar-refractivity contribution in [2.45, 2.75) is 64.6 Å². The van der Waals surface area contributed by atoms with Gasteiger partial charge in [0.2, 0.25) is 5.95 Å². The van der Waals surface area contributed by atoms with E-state index in [0.29, 0.717) is 6.04 Å². The minimum absolute atomic E-state index is 0.383. The molecule has 0 radical (unpaired) electrons. The maximum absolute atomic E-state index is 10.6. The molecule has 0 saturated carbocycles. The highest BCUT2D eigenvalue weighted by atomic mass is 32.1. The Morgan fingerprint density at radius 2 is 1.86 bits per heavy atom. The Bertz CT molecular complexity index is 1200. The summed E-state index contributed by atoms with van der Waals surface area (Å²) in [4.78, 5) is 21.6. The number of piperidine rings is 1. The average Bonchev–Trinajstić information content (AvgIpc) is 3.40. The lowest BCUT2D eigenvalue weighted by atomic mass is 9.91. The van der Waals surface area contributed by atoms with E-state index in [9.17, 15) is 13.2 Å². The number of carboxylic acids is 1. The van der Waals surface area contributed by atoms with Crippen molar-refractivity contribution in [1.29, 1.82) is 0 Å². The molecule has 3 heterocycles. The van der Waals surface area contributed by atoms with Gasteiger partial charge in [0.25, 0.3) is 0 Å². The number of benzene rings is 1. The molecule has 0 amide bonds. The van der Waals surface area contributed by atoms with Crippen LogP contribution in [-0.4, -0.2) is 46.4 Å². The van der Waals surface area contributed by atoms with Crippen LogP contribution in [0.25, 0.3) is 21.5 Å². The molecule has 2 aromatic heterocycles. The smallest absolute Gasteiger partial charge is 0.475 e. The van der Waals surface area contributed by atoms with Crippen LogP contribution in [0.1, 0.15) is 48.6 Å². The number of halogens is 3. The van der Waals surface area contributed by atoms with Crippen LogP contribution in [0.5, 0.6) is 0 Å². The molecule has 0 bridgehead atoms. The monoisotopic (exact) mass is 520 g/mol. The third kappa shape index (κ3) is 6.34. The summed E-state index contributed by atoms with van der Waals surface area (Å²) in [5.41, 5.74) is 5.08. The molecule has 1 aliphatic carbocycles. The molecule has 2 aliphatic rings. The van der Waals surface area contributed by atoms with Crippen LogP contribution < -0.4 is 10.6 Å². The molecule has 36 heavy (non-hydrogen) atoms. The summed E-state index contributed by atoms with van der Waals surface area (Å²) in [5, 5.41) is 15.5. The van der Waals surface area contributed by atoms with Crippen molar-refractivity contribution in [2.75, 3.05) is 18.4 Å². The van der Waals surface area contributed by atoms with Gasteiger partial charge in [-0.25, -0.2) is 14.8 Å². The molecule has 1 unspecified atom stereocenters. The van der Waals surface area contributed by atoms with E-state index in [4.69, 9.17) is 19.9 Å². The van der Waals surface area contributed by atoms with E-state index >= 15 is 0 Å². The zero-order valence-electron chi connectivity index (χ0n) is 20.4. The Balaban J connectivity index is 0.000000384. The van der Waals surface area contributed by atoms with E-state index in [0.717, 1.165) is 41.9 Å². The molecular formula is C26H31F3N4O2S. The molecule has 5 rings (SSSR count). The van der Waals surface area contributed by atoms with Crippen molar-refractivity contribution >= 4 is 33.5 Å². The number of aryl methyl sites for hydroxylation is 3. The maximum atomic E-state index is 10.6. The van der Waals surface area contributed by atoms with Gasteiger partial charge >= 0.3 is 12.1 Å². The number of fused-ring (bicyclic) bond motifs is 3. The molecule has 1 saturated heterocycles. The second kappa shape index (κ2) is 11.1. The number of hydrogen-bond acceptors (Lipinski definition) is 6. The molecule has 6 nitrogen and oxygen atoms in total. The Labute approximate surface area is 212 Å². The predicted octanol–water partition coefficient (Wildman–Crippen LogP) is 5.98. The van der Waals surface area contributed by atoms with Crippen LogP contribution in [0.2, 0.25) is 0 Å². The highest BCUT2D eigenvalue weighted by molar-refractivity contribution is 7.19. The van der Waals surface area contributed by atoms with Gasteiger partial charge in [-0.05, 0) is 76.9 Å². The summed E-state index contributed by atoms with van der Waals surface area (Å²) in [6, 6.07) is 9.16. The Hall–Kier alpha value is -2.72. The molecule has 1 atom stereocenters. The Kier molecular flexibility index (Phi) is 8.14. The van der Waals surface area contributed by atoms with Crippen LogP contribution in [0.3, 0.4) is 0 Å². The van der Waals surface area contributed by atoms with Gasteiger partial charge in [-0.1, -0.05) is 29.8 Å². The lowest BCUT2D eigenvalue weighted by Gasteiger charge is -2.25. The fraction of sp³-hybridized carbons (Fsp3) is 0.500. The molecule has 194 valence electrons. The number of hydrogen-bond donors (Lipinski definition) is 3. The van der Waals surface area contributed by atoms with Gasteiger partial charge in [-0.15, -0.1) is 11.3 Å². The average molecular weight is 521 g/mol. The first-order chi connectivity index (χ1) is 17.1. The van der Waals surface area contributed by atoms with E-state index in [2.05, 4.69) is 48.7 Å². The predicted molar refractivity (Wildman–Crippen MR) is 137 cm³/mol. The number of alkyl halides is 3. The number of aromatic nitrogens is 2. The van der Waals surface area contributed by atoms with Crippen molar-refractivity contribution in [2.24, 2.45) is 5.92 Å². The number of anilines is 1. The number of nitrogens with one attached hydrogen (secondary N) is 2. The van der Waals surface area contributed by atoms with E-state index in [-0.39, 0.29) is 0 Å². The SMILES string of the molecule is Cc1ccc(-c2nc(NC(C)CC3CCNCC3)nc3sc4c(c23)CCC4)cc1.O=C(O)C(F)(F)F. The number of thiophene rings is 1. The van der Waals surface area contributed by atoms with E-state index in [1.807, 2.05) is 11.3 Å². The van der Waals surface area contributed by atoms with Crippen molar-refractivity contribution in [3.05, 3.63) is 40.3 Å². The maximum Gasteiger partial charge on any atom is 0.490 e. The first-order valence-electron chi connectivity index (χ1n) is 12.3. The highest BCUT2D eigenvalue weighted by Gasteiger charge is 2.38. The summed E-state index contributed by atoms with van der Waals surface area (Å²) < 4.78 is 31.7. The summed E-state index contributed by atoms with van der Waals surface area (Å²) in [6.07, 6.45) is 2.27. The summed E-state index contributed by atoms with van der Waals surface area (Å²) >= 11 is 1.88. The van der Waals surface area contributed by atoms with Crippen molar-refractivity contribution in [1.82, 2.24) is 15.3 Å². The normalized spacial score (nSPS) is 16.8. The van der Waals surface area contributed by atoms with Gasteiger partial charge in [0.1, 0.15) is 4.83 Å². The molecule has 10 heteroatoms. The van der Waals surface area contributed by atoms with Gasteiger partial charge in [0, 0.05) is 21.9 Å². The van der Waals surface area contributed by atoms with Crippen LogP contribution >= 0.6 is 11.3 Å². The van der Waals surface area contributed by atoms with Crippen LogP contribution in [0.15, 0.2) is 24.3 Å². The van der Waals surface area contributed by atoms with E-state index in [1.165, 1.54) is 59.1 Å². The standard InChI is InChI=1S/C24H30N4S.C2HF3O2/c1-15-6-8-18(9-7-15)22-21-19-4-3-5-20(19)29-23(21)28-24(27-22)26-16(2)14-17-10-12-25-13-11-17;3-2(4,5)1(6)7/h6-9,16-17,25H,3-5,10-14H2,1-2H3,(H,26,27,28);(H,6,7). The number of aliphatic carboxylic acids is 1. The largest absolute Gasteiger partial charge is 0.490 e. The van der Waals surface area contributed by atoms with E-state index in [1.54, 1.807) is 0 Å². The Morgan fingerprint density at radius 3 is 2.50 bits per heavy atom. The van der Waals surface area contributed by atoms with Crippen LogP contribution in [0.4, 0.5) is 19.1 Å². The van der Waals surface area contributed by atoms with Crippen molar-refractivity contribution in [3.8, 4) is 11.3 Å². The number of rotatable bonds is 5. The number of nitrogens with zero attached hydrogens (tertiary/aromatic N) is 2. The summed E-state index contributed by atoms with van der Waals surface area (Å²) in [6.45, 7) is 6.71. The lowest BCUT2D eigenvalue weighted by Crippen LogP contribution is -2.31. The molecule has 1 fully saturated rings. The Morgan fingerprint density at radius 1 is 1.19 bits per heavy atom. The van der Waals surface area contributed by atoms with E-state index < -0.39 is 12.1 Å². The first kappa shape index (κ1) is 26.3. The van der Waals surface area contributed by atoms with Crippen LogP contribution in [0, 0.1) is 12.8 Å². The number of carbonyl (C=O) groups is 1. The molecule has 1 aromatic carbocycles. The zero-order valence-corrected chi connectivity index (χ0v) is 21.2. The zero-order chi connectivity index (χ0) is 25.9. The third-order valence-corrected chi connectivity index (χ3v) is 7.84. The molecule has 3 N–H and O–H groups in total. The fourth-order valence-corrected chi connectivity index (χ4v) is 6.14. The minimum atomic E-state index is -5.08. The summed E-state index contributed by atoms with van der Waals surface area (Å²) in [7, 11) is 0. The molecular weight excluding hydrogens is 489 g/mol. The number of carboxylic acid groups (broad SMARTS) is 1. The van der Waals surface area contributed by atoms with Gasteiger partial charge in [-0.2, -0.15) is 13.2 Å². The lowest BCUT2D eigenvalue weighted by molar-refractivity contribution is -0.192. The summed E-state index contributed by atoms with van der Waals surface area (Å²) in [5.74, 6) is -1.17. The van der Waals surface area contributed by atoms with Gasteiger partial charge in [0.05, 0.1) is 5.69 Å². The van der Waals surface area contributed by atoms with Crippen molar-refractivity contribution in [3.63, 3.8) is 0 Å². The van der Waals surface area contributed by atoms with Gasteiger partial charge in [-0.3, -0.25) is 0 Å².